The molecule has 1 aliphatic rings. The number of ether oxygens (including phenoxy) is 2. The van der Waals surface area contributed by atoms with E-state index in [9.17, 15) is 4.79 Å². The highest BCUT2D eigenvalue weighted by atomic mass is 32.2. The summed E-state index contributed by atoms with van der Waals surface area (Å²) >= 11 is 1.35. The average Bonchev–Trinajstić information content (AvgIpc) is 3.42. The van der Waals surface area contributed by atoms with Crippen LogP contribution in [0.3, 0.4) is 0 Å². The topological polar surface area (TPSA) is 79.4 Å². The van der Waals surface area contributed by atoms with Crippen LogP contribution in [0.15, 0.2) is 76.5 Å². The first-order valence-corrected chi connectivity index (χ1v) is 11.3. The molecule has 2 aromatic carbocycles. The van der Waals surface area contributed by atoms with Gasteiger partial charge in [-0.15, -0.1) is 10.2 Å². The quantitative estimate of drug-likeness (QED) is 0.299. The van der Waals surface area contributed by atoms with Crippen molar-refractivity contribution in [2.75, 3.05) is 19.0 Å². The number of carbonyl (C=O) groups is 1. The van der Waals surface area contributed by atoms with Crippen molar-refractivity contribution >= 4 is 17.5 Å². The normalized spacial score (nSPS) is 13.0. The van der Waals surface area contributed by atoms with Gasteiger partial charge in [0.05, 0.1) is 31.8 Å². The number of ketones is 1. The number of furan rings is 1. The number of carbonyl (C=O) groups excluding carboxylic acids is 1. The van der Waals surface area contributed by atoms with Crippen molar-refractivity contribution in [2.45, 2.75) is 18.1 Å². The van der Waals surface area contributed by atoms with Crippen LogP contribution in [0.1, 0.15) is 22.3 Å². The van der Waals surface area contributed by atoms with Gasteiger partial charge < -0.3 is 13.9 Å². The minimum absolute atomic E-state index is 0.0144. The molecule has 0 amide bonds. The van der Waals surface area contributed by atoms with Gasteiger partial charge in [0.1, 0.15) is 0 Å². The first kappa shape index (κ1) is 20.4. The molecule has 0 saturated heterocycles. The Labute approximate surface area is 189 Å². The number of hydrogen-bond acceptors (Lipinski definition) is 7. The molecule has 0 atom stereocenters. The van der Waals surface area contributed by atoms with Gasteiger partial charge in [-0.2, -0.15) is 0 Å². The Morgan fingerprint density at radius 1 is 0.969 bits per heavy atom. The van der Waals surface area contributed by atoms with Gasteiger partial charge in [-0.05, 0) is 35.9 Å². The highest BCUT2D eigenvalue weighted by Crippen LogP contribution is 2.31. The Hall–Kier alpha value is -3.52. The standard InChI is InChI=1S/C24H21N3O4S/c28-19(18-9-10-20-22(14-18)31-13-5-12-29-20)16-32-24-26-25-23(21-8-4-11-30-21)27(24)15-17-6-2-1-3-7-17/h1-4,6-11,14H,5,12-13,15-16H2. The molecule has 8 heteroatoms. The molecule has 32 heavy (non-hydrogen) atoms. The van der Waals surface area contributed by atoms with Gasteiger partial charge in [0.2, 0.25) is 5.82 Å². The van der Waals surface area contributed by atoms with Gasteiger partial charge in [-0.1, -0.05) is 42.1 Å². The average molecular weight is 448 g/mol. The minimum atomic E-state index is -0.0144. The van der Waals surface area contributed by atoms with Crippen molar-refractivity contribution in [1.82, 2.24) is 14.8 Å². The summed E-state index contributed by atoms with van der Waals surface area (Å²) < 4.78 is 18.9. The number of rotatable bonds is 7. The molecule has 0 saturated carbocycles. The van der Waals surface area contributed by atoms with E-state index >= 15 is 0 Å². The monoisotopic (exact) mass is 447 g/mol. The van der Waals surface area contributed by atoms with Crippen molar-refractivity contribution in [3.05, 3.63) is 78.1 Å². The van der Waals surface area contributed by atoms with Crippen LogP contribution in [0, 0.1) is 0 Å². The van der Waals surface area contributed by atoms with E-state index in [-0.39, 0.29) is 11.5 Å². The lowest BCUT2D eigenvalue weighted by Crippen LogP contribution is -2.07. The summed E-state index contributed by atoms with van der Waals surface area (Å²) in [7, 11) is 0. The lowest BCUT2D eigenvalue weighted by molar-refractivity contribution is 0.102. The van der Waals surface area contributed by atoms with E-state index in [0.717, 1.165) is 12.0 Å². The van der Waals surface area contributed by atoms with Crippen molar-refractivity contribution in [1.29, 1.82) is 0 Å². The minimum Gasteiger partial charge on any atom is -0.490 e. The van der Waals surface area contributed by atoms with E-state index < -0.39 is 0 Å². The maximum absolute atomic E-state index is 12.9. The van der Waals surface area contributed by atoms with Crippen LogP contribution in [-0.4, -0.2) is 39.5 Å². The van der Waals surface area contributed by atoms with Gasteiger partial charge in [0, 0.05) is 12.0 Å². The SMILES string of the molecule is O=C(CSc1nnc(-c2ccco2)n1Cc1ccccc1)c1ccc2c(c1)OCCCO2. The molecule has 0 fully saturated rings. The molecule has 1 aliphatic heterocycles. The zero-order valence-corrected chi connectivity index (χ0v) is 18.1. The number of nitrogens with zero attached hydrogens (tertiary/aromatic N) is 3. The van der Waals surface area contributed by atoms with Crippen molar-refractivity contribution < 1.29 is 18.7 Å². The van der Waals surface area contributed by atoms with Crippen LogP contribution < -0.4 is 9.47 Å². The maximum atomic E-state index is 12.9. The summed E-state index contributed by atoms with van der Waals surface area (Å²) in [5, 5.41) is 9.32. The molecule has 4 aromatic rings. The number of thioether (sulfide) groups is 1. The molecular weight excluding hydrogens is 426 g/mol. The van der Waals surface area contributed by atoms with Gasteiger partial charge in [-0.25, -0.2) is 0 Å². The second kappa shape index (κ2) is 9.32. The summed E-state index contributed by atoms with van der Waals surface area (Å²) in [6, 6.07) is 19.1. The first-order valence-electron chi connectivity index (χ1n) is 10.3. The third-order valence-electron chi connectivity index (χ3n) is 5.04. The Morgan fingerprint density at radius 3 is 2.62 bits per heavy atom. The van der Waals surface area contributed by atoms with Crippen molar-refractivity contribution in [3.63, 3.8) is 0 Å². The predicted molar refractivity (Wildman–Crippen MR) is 120 cm³/mol. The van der Waals surface area contributed by atoms with Crippen LogP contribution >= 0.6 is 11.8 Å². The summed E-state index contributed by atoms with van der Waals surface area (Å²) in [6.07, 6.45) is 2.43. The maximum Gasteiger partial charge on any atom is 0.200 e. The molecule has 5 rings (SSSR count). The second-order valence-electron chi connectivity index (χ2n) is 7.28. The number of benzene rings is 2. The lowest BCUT2D eigenvalue weighted by atomic mass is 10.1. The number of Topliss-reactive ketones (excluding diaryl/α,β-unsaturated/α-hetero) is 1. The molecule has 0 aliphatic carbocycles. The molecule has 0 bridgehead atoms. The Balaban J connectivity index is 1.36. The fourth-order valence-corrected chi connectivity index (χ4v) is 4.27. The zero-order chi connectivity index (χ0) is 21.8. The van der Waals surface area contributed by atoms with E-state index in [1.165, 1.54) is 11.8 Å². The highest BCUT2D eigenvalue weighted by molar-refractivity contribution is 7.99. The van der Waals surface area contributed by atoms with Gasteiger partial charge in [-0.3, -0.25) is 9.36 Å². The smallest absolute Gasteiger partial charge is 0.200 e. The van der Waals surface area contributed by atoms with Gasteiger partial charge >= 0.3 is 0 Å². The summed E-state index contributed by atoms with van der Waals surface area (Å²) in [5.41, 5.74) is 1.69. The molecule has 2 aromatic heterocycles. The summed E-state index contributed by atoms with van der Waals surface area (Å²) in [4.78, 5) is 12.9. The number of fused-ring (bicyclic) bond motifs is 1. The van der Waals surface area contributed by atoms with Crippen LogP contribution in [-0.2, 0) is 6.54 Å². The summed E-state index contributed by atoms with van der Waals surface area (Å²) in [5.74, 6) is 2.77. The van der Waals surface area contributed by atoms with E-state index in [1.54, 1.807) is 24.5 Å². The van der Waals surface area contributed by atoms with E-state index in [1.807, 2.05) is 47.0 Å². The predicted octanol–water partition coefficient (Wildman–Crippen LogP) is 4.72. The fourth-order valence-electron chi connectivity index (χ4n) is 3.44. The molecule has 0 spiro atoms. The largest absolute Gasteiger partial charge is 0.490 e. The van der Waals surface area contributed by atoms with E-state index in [0.29, 0.717) is 53.6 Å². The Morgan fingerprint density at radius 2 is 1.81 bits per heavy atom. The third kappa shape index (κ3) is 4.40. The molecule has 0 unspecified atom stereocenters. The molecule has 162 valence electrons. The second-order valence-corrected chi connectivity index (χ2v) is 8.22. The molecule has 0 radical (unpaired) electrons. The van der Waals surface area contributed by atoms with Gasteiger partial charge in [0.15, 0.2) is 28.2 Å². The lowest BCUT2D eigenvalue weighted by Gasteiger charge is -2.10. The first-order chi connectivity index (χ1) is 15.8. The molecule has 7 nitrogen and oxygen atoms in total. The number of aromatic nitrogens is 3. The fraction of sp³-hybridized carbons (Fsp3) is 0.208. The highest BCUT2D eigenvalue weighted by Gasteiger charge is 2.19. The van der Waals surface area contributed by atoms with Crippen molar-refractivity contribution in [2.24, 2.45) is 0 Å². The Bertz CT molecular complexity index is 1210. The third-order valence-corrected chi connectivity index (χ3v) is 6.01. The van der Waals surface area contributed by atoms with Crippen LogP contribution in [0.4, 0.5) is 0 Å². The molecular formula is C24H21N3O4S. The van der Waals surface area contributed by atoms with Gasteiger partial charge in [0.25, 0.3) is 0 Å². The van der Waals surface area contributed by atoms with Crippen LogP contribution in [0.2, 0.25) is 0 Å². The van der Waals surface area contributed by atoms with Crippen LogP contribution in [0.25, 0.3) is 11.6 Å². The number of hydrogen-bond donors (Lipinski definition) is 0. The molecule has 3 heterocycles. The van der Waals surface area contributed by atoms with Crippen LogP contribution in [0.5, 0.6) is 11.5 Å². The van der Waals surface area contributed by atoms with E-state index in [2.05, 4.69) is 10.2 Å². The zero-order valence-electron chi connectivity index (χ0n) is 17.3. The Kier molecular flexibility index (Phi) is 5.93. The van der Waals surface area contributed by atoms with E-state index in [4.69, 9.17) is 13.9 Å². The molecule has 0 N–H and O–H groups in total. The van der Waals surface area contributed by atoms with Crippen molar-refractivity contribution in [3.8, 4) is 23.1 Å². The summed E-state index contributed by atoms with van der Waals surface area (Å²) in [6.45, 7) is 1.77.